The molecular weight excluding hydrogens is 300 g/mol. The molecule has 1 fully saturated rings. The highest BCUT2D eigenvalue weighted by atomic mass is 32.2. The van der Waals surface area contributed by atoms with E-state index in [0.717, 1.165) is 49.8 Å². The van der Waals surface area contributed by atoms with Gasteiger partial charge in [-0.05, 0) is 61.9 Å². The Hall–Kier alpha value is -1.11. The average Bonchev–Trinajstić information content (AvgIpc) is 2.54. The van der Waals surface area contributed by atoms with Crippen molar-refractivity contribution in [3.05, 3.63) is 23.8 Å². The van der Waals surface area contributed by atoms with Crippen molar-refractivity contribution >= 4 is 10.0 Å². The first-order valence-corrected chi connectivity index (χ1v) is 9.56. The highest BCUT2D eigenvalue weighted by molar-refractivity contribution is 7.89. The molecule has 1 aliphatic carbocycles. The predicted octanol–water partition coefficient (Wildman–Crippen LogP) is 1.81. The SMILES string of the molecule is NCC1CCCCC1NS(=O)(=O)c1ccc2c(c1)CCCO2. The first-order chi connectivity index (χ1) is 10.6. The predicted molar refractivity (Wildman–Crippen MR) is 85.4 cm³/mol. The zero-order valence-corrected chi connectivity index (χ0v) is 13.6. The van der Waals surface area contributed by atoms with Crippen LogP contribution in [0.5, 0.6) is 5.75 Å². The van der Waals surface area contributed by atoms with Gasteiger partial charge in [-0.15, -0.1) is 0 Å². The van der Waals surface area contributed by atoms with Crippen LogP contribution in [0.1, 0.15) is 37.7 Å². The minimum atomic E-state index is -3.50. The van der Waals surface area contributed by atoms with E-state index in [1.54, 1.807) is 18.2 Å². The highest BCUT2D eigenvalue weighted by Crippen LogP contribution is 2.29. The van der Waals surface area contributed by atoms with Gasteiger partial charge in [-0.25, -0.2) is 13.1 Å². The minimum absolute atomic E-state index is 0.0453. The Morgan fingerprint density at radius 1 is 1.23 bits per heavy atom. The molecule has 5 nitrogen and oxygen atoms in total. The third kappa shape index (κ3) is 3.29. The van der Waals surface area contributed by atoms with Crippen LogP contribution in [0, 0.1) is 5.92 Å². The number of hydrogen-bond acceptors (Lipinski definition) is 4. The second kappa shape index (κ2) is 6.56. The van der Waals surface area contributed by atoms with Crippen molar-refractivity contribution in [2.45, 2.75) is 49.5 Å². The molecule has 1 heterocycles. The van der Waals surface area contributed by atoms with Gasteiger partial charge >= 0.3 is 0 Å². The molecule has 1 aromatic rings. The molecule has 0 spiro atoms. The summed E-state index contributed by atoms with van der Waals surface area (Å²) in [6.07, 6.45) is 5.87. The van der Waals surface area contributed by atoms with Crippen LogP contribution in [0.25, 0.3) is 0 Å². The van der Waals surface area contributed by atoms with E-state index >= 15 is 0 Å². The normalized spacial score (nSPS) is 25.3. The Bertz CT molecular complexity index is 630. The van der Waals surface area contributed by atoms with Crippen molar-refractivity contribution in [2.24, 2.45) is 11.7 Å². The van der Waals surface area contributed by atoms with E-state index in [1.165, 1.54) is 0 Å². The second-order valence-electron chi connectivity index (χ2n) is 6.23. The Kier molecular flexibility index (Phi) is 4.70. The van der Waals surface area contributed by atoms with Crippen LogP contribution < -0.4 is 15.2 Å². The number of nitrogens with two attached hydrogens (primary N) is 1. The minimum Gasteiger partial charge on any atom is -0.493 e. The first kappa shape index (κ1) is 15.8. The van der Waals surface area contributed by atoms with E-state index in [9.17, 15) is 8.42 Å². The Morgan fingerprint density at radius 3 is 2.86 bits per heavy atom. The summed E-state index contributed by atoms with van der Waals surface area (Å²) in [5.74, 6) is 1.05. The Balaban J connectivity index is 1.80. The van der Waals surface area contributed by atoms with Gasteiger partial charge < -0.3 is 10.5 Å². The third-order valence-electron chi connectivity index (χ3n) is 4.71. The molecule has 0 amide bonds. The standard InChI is InChI=1S/C16H24N2O3S/c17-11-13-4-1-2-6-15(13)18-22(19,20)14-7-8-16-12(10-14)5-3-9-21-16/h7-8,10,13,15,18H,1-6,9,11,17H2. The van der Waals surface area contributed by atoms with Crippen molar-refractivity contribution in [1.82, 2.24) is 4.72 Å². The fourth-order valence-corrected chi connectivity index (χ4v) is 4.81. The number of benzene rings is 1. The quantitative estimate of drug-likeness (QED) is 0.885. The number of hydrogen-bond donors (Lipinski definition) is 2. The molecule has 2 unspecified atom stereocenters. The monoisotopic (exact) mass is 324 g/mol. The van der Waals surface area contributed by atoms with Gasteiger partial charge in [0.05, 0.1) is 11.5 Å². The third-order valence-corrected chi connectivity index (χ3v) is 6.20. The molecule has 2 aliphatic rings. The number of nitrogens with one attached hydrogen (secondary N) is 1. The summed E-state index contributed by atoms with van der Waals surface area (Å²) >= 11 is 0. The number of aryl methyl sites for hydroxylation is 1. The summed E-state index contributed by atoms with van der Waals surface area (Å²) in [7, 11) is -3.50. The van der Waals surface area contributed by atoms with Gasteiger partial charge in [0.2, 0.25) is 10.0 Å². The van der Waals surface area contributed by atoms with Gasteiger partial charge in [0.1, 0.15) is 5.75 Å². The molecule has 0 aromatic heterocycles. The second-order valence-corrected chi connectivity index (χ2v) is 7.94. The molecule has 0 radical (unpaired) electrons. The molecule has 0 bridgehead atoms. The van der Waals surface area contributed by atoms with Crippen LogP contribution in [0.4, 0.5) is 0 Å². The van der Waals surface area contributed by atoms with E-state index in [1.807, 2.05) is 0 Å². The molecule has 1 aliphatic heterocycles. The van der Waals surface area contributed by atoms with Crippen LogP contribution in [0.2, 0.25) is 0 Å². The summed E-state index contributed by atoms with van der Waals surface area (Å²) in [5.41, 5.74) is 6.77. The van der Waals surface area contributed by atoms with Gasteiger partial charge in [-0.1, -0.05) is 12.8 Å². The largest absolute Gasteiger partial charge is 0.493 e. The van der Waals surface area contributed by atoms with Crippen molar-refractivity contribution in [3.63, 3.8) is 0 Å². The van der Waals surface area contributed by atoms with Crippen molar-refractivity contribution in [2.75, 3.05) is 13.2 Å². The number of fused-ring (bicyclic) bond motifs is 1. The lowest BCUT2D eigenvalue weighted by molar-refractivity contribution is 0.288. The first-order valence-electron chi connectivity index (χ1n) is 8.08. The summed E-state index contributed by atoms with van der Waals surface area (Å²) in [4.78, 5) is 0.332. The summed E-state index contributed by atoms with van der Waals surface area (Å²) in [5, 5.41) is 0. The topological polar surface area (TPSA) is 81.4 Å². The molecule has 6 heteroatoms. The van der Waals surface area contributed by atoms with Gasteiger partial charge in [-0.2, -0.15) is 0 Å². The summed E-state index contributed by atoms with van der Waals surface area (Å²) < 4.78 is 33.7. The van der Waals surface area contributed by atoms with Crippen LogP contribution in [-0.2, 0) is 16.4 Å². The average molecular weight is 324 g/mol. The van der Waals surface area contributed by atoms with Crippen LogP contribution in [-0.4, -0.2) is 27.6 Å². The Morgan fingerprint density at radius 2 is 2.05 bits per heavy atom. The van der Waals surface area contributed by atoms with Crippen LogP contribution in [0.3, 0.4) is 0 Å². The van der Waals surface area contributed by atoms with Crippen molar-refractivity contribution < 1.29 is 13.2 Å². The van der Waals surface area contributed by atoms with E-state index in [-0.39, 0.29) is 12.0 Å². The van der Waals surface area contributed by atoms with Crippen molar-refractivity contribution in [1.29, 1.82) is 0 Å². The van der Waals surface area contributed by atoms with E-state index in [4.69, 9.17) is 10.5 Å². The zero-order chi connectivity index (χ0) is 15.6. The number of ether oxygens (including phenoxy) is 1. The molecule has 22 heavy (non-hydrogen) atoms. The summed E-state index contributed by atoms with van der Waals surface area (Å²) in [6.45, 7) is 1.24. The maximum Gasteiger partial charge on any atom is 0.240 e. The van der Waals surface area contributed by atoms with Crippen molar-refractivity contribution in [3.8, 4) is 5.75 Å². The zero-order valence-electron chi connectivity index (χ0n) is 12.8. The van der Waals surface area contributed by atoms with Crippen LogP contribution >= 0.6 is 0 Å². The summed E-state index contributed by atoms with van der Waals surface area (Å²) in [6, 6.07) is 5.10. The molecule has 1 aromatic carbocycles. The Labute approximate surface area is 132 Å². The van der Waals surface area contributed by atoms with Gasteiger partial charge in [-0.3, -0.25) is 0 Å². The van der Waals surface area contributed by atoms with E-state index in [2.05, 4.69) is 4.72 Å². The lowest BCUT2D eigenvalue weighted by atomic mass is 9.85. The maximum atomic E-state index is 12.7. The maximum absolute atomic E-state index is 12.7. The van der Waals surface area contributed by atoms with E-state index < -0.39 is 10.0 Å². The number of sulfonamides is 1. The van der Waals surface area contributed by atoms with Gasteiger partial charge in [0.25, 0.3) is 0 Å². The van der Waals surface area contributed by atoms with Crippen LogP contribution in [0.15, 0.2) is 23.1 Å². The molecule has 1 saturated carbocycles. The smallest absolute Gasteiger partial charge is 0.240 e. The molecule has 2 atom stereocenters. The molecular formula is C16H24N2O3S. The fraction of sp³-hybridized carbons (Fsp3) is 0.625. The molecule has 3 N–H and O–H groups in total. The lowest BCUT2D eigenvalue weighted by Crippen LogP contribution is -2.44. The molecule has 122 valence electrons. The lowest BCUT2D eigenvalue weighted by Gasteiger charge is -2.31. The van der Waals surface area contributed by atoms with Gasteiger partial charge in [0, 0.05) is 6.04 Å². The van der Waals surface area contributed by atoms with E-state index in [0.29, 0.717) is 18.0 Å². The highest BCUT2D eigenvalue weighted by Gasteiger charge is 2.29. The number of rotatable bonds is 4. The van der Waals surface area contributed by atoms with Gasteiger partial charge in [0.15, 0.2) is 0 Å². The molecule has 3 rings (SSSR count). The fourth-order valence-electron chi connectivity index (χ4n) is 3.42. The molecule has 0 saturated heterocycles.